The van der Waals surface area contributed by atoms with Crippen LogP contribution in [0.5, 0.6) is 5.75 Å². The van der Waals surface area contributed by atoms with Gasteiger partial charge >= 0.3 is 0 Å². The highest BCUT2D eigenvalue weighted by Crippen LogP contribution is 2.36. The first-order chi connectivity index (χ1) is 15.0. The molecule has 4 aromatic rings. The SMILES string of the molecule is Cc1cc(-c2c(C(C)CO)c[n+](O)c3cc(OCc4ccccc4)ccc23)ccc1F. The van der Waals surface area contributed by atoms with Crippen LogP contribution in [0.2, 0.25) is 0 Å². The molecule has 0 saturated heterocycles. The van der Waals surface area contributed by atoms with Crippen molar-refractivity contribution in [3.8, 4) is 16.9 Å². The molecule has 0 aliphatic carbocycles. The average Bonchev–Trinajstić information content (AvgIpc) is 2.79. The summed E-state index contributed by atoms with van der Waals surface area (Å²) in [6.07, 6.45) is 1.61. The van der Waals surface area contributed by atoms with Crippen molar-refractivity contribution in [1.82, 2.24) is 0 Å². The van der Waals surface area contributed by atoms with Crippen LogP contribution >= 0.6 is 0 Å². The third-order valence-corrected chi connectivity index (χ3v) is 5.54. The van der Waals surface area contributed by atoms with E-state index in [1.165, 1.54) is 6.07 Å². The maximum absolute atomic E-state index is 13.9. The number of benzene rings is 3. The Labute approximate surface area is 180 Å². The van der Waals surface area contributed by atoms with Gasteiger partial charge in [-0.25, -0.2) is 4.39 Å². The molecule has 31 heavy (non-hydrogen) atoms. The fourth-order valence-electron chi connectivity index (χ4n) is 3.76. The number of aryl methyl sites for hydroxylation is 1. The van der Waals surface area contributed by atoms with Gasteiger partial charge in [-0.3, -0.25) is 5.21 Å². The molecule has 4 rings (SSSR count). The molecule has 158 valence electrons. The lowest BCUT2D eigenvalue weighted by Gasteiger charge is -2.16. The van der Waals surface area contributed by atoms with Gasteiger partial charge in [-0.15, -0.1) is 0 Å². The number of aromatic nitrogens is 1. The van der Waals surface area contributed by atoms with E-state index in [-0.39, 0.29) is 18.3 Å². The minimum absolute atomic E-state index is 0.0725. The number of fused-ring (bicyclic) bond motifs is 1. The summed E-state index contributed by atoms with van der Waals surface area (Å²) in [6, 6.07) is 20.4. The number of pyridine rings is 1. The Kier molecular flexibility index (Phi) is 5.87. The standard InChI is InChI=1S/C26H25FNO3/c1-17-12-20(8-11-24(17)27)26-22-10-9-21(31-16-19-6-4-3-5-7-19)13-25(22)28(30)14-23(26)18(2)15-29/h3-14,18,29-30H,15-16H2,1-2H3/q+1. The van der Waals surface area contributed by atoms with Crippen molar-refractivity contribution in [2.75, 3.05) is 6.61 Å². The highest BCUT2D eigenvalue weighted by Gasteiger charge is 2.24. The van der Waals surface area contributed by atoms with Crippen LogP contribution in [0.3, 0.4) is 0 Å². The van der Waals surface area contributed by atoms with Gasteiger partial charge in [0.1, 0.15) is 18.2 Å². The van der Waals surface area contributed by atoms with E-state index in [9.17, 15) is 14.7 Å². The Bertz CT molecular complexity index is 1220. The summed E-state index contributed by atoms with van der Waals surface area (Å²) in [5, 5.41) is 21.3. The molecule has 0 amide bonds. The molecular weight excluding hydrogens is 393 g/mol. The topological polar surface area (TPSA) is 53.6 Å². The summed E-state index contributed by atoms with van der Waals surface area (Å²) in [6.45, 7) is 3.96. The normalized spacial score (nSPS) is 12.1. The number of ether oxygens (including phenoxy) is 1. The van der Waals surface area contributed by atoms with Crippen molar-refractivity contribution in [2.45, 2.75) is 26.4 Å². The number of nitrogens with zero attached hydrogens (tertiary/aromatic N) is 1. The Morgan fingerprint density at radius 2 is 1.81 bits per heavy atom. The summed E-state index contributed by atoms with van der Waals surface area (Å²) in [5.74, 6) is 0.148. The minimum Gasteiger partial charge on any atom is -0.489 e. The lowest BCUT2D eigenvalue weighted by molar-refractivity contribution is -0.884. The first-order valence-corrected chi connectivity index (χ1v) is 10.2. The van der Waals surface area contributed by atoms with E-state index < -0.39 is 0 Å². The fraction of sp³-hybridized carbons (Fsp3) is 0.192. The van der Waals surface area contributed by atoms with Crippen LogP contribution in [0.15, 0.2) is 72.9 Å². The molecular formula is C26H25FNO3+. The fourth-order valence-corrected chi connectivity index (χ4v) is 3.76. The molecule has 5 heteroatoms. The van der Waals surface area contributed by atoms with Crippen LogP contribution in [-0.2, 0) is 6.61 Å². The molecule has 2 N–H and O–H groups in total. The number of hydrogen-bond donors (Lipinski definition) is 2. The number of aliphatic hydroxyl groups is 1. The summed E-state index contributed by atoms with van der Waals surface area (Å²) in [4.78, 5) is 0. The molecule has 1 heterocycles. The first kappa shape index (κ1) is 20.8. The van der Waals surface area contributed by atoms with Crippen molar-refractivity contribution < 1.29 is 24.2 Å². The molecule has 0 fully saturated rings. The van der Waals surface area contributed by atoms with Gasteiger partial charge in [0.05, 0.1) is 11.5 Å². The van der Waals surface area contributed by atoms with E-state index in [1.54, 1.807) is 31.3 Å². The summed E-state index contributed by atoms with van der Waals surface area (Å²) >= 11 is 0. The Balaban J connectivity index is 1.83. The third-order valence-electron chi connectivity index (χ3n) is 5.54. The smallest absolute Gasteiger partial charge is 0.268 e. The predicted molar refractivity (Wildman–Crippen MR) is 118 cm³/mol. The van der Waals surface area contributed by atoms with Gasteiger partial charge in [0.15, 0.2) is 0 Å². The van der Waals surface area contributed by atoms with Gasteiger partial charge in [0, 0.05) is 28.4 Å². The maximum Gasteiger partial charge on any atom is 0.268 e. The Hall–Kier alpha value is -3.44. The molecule has 0 radical (unpaired) electrons. The largest absolute Gasteiger partial charge is 0.489 e. The molecule has 1 atom stereocenters. The molecule has 0 saturated carbocycles. The molecule has 1 aromatic heterocycles. The lowest BCUT2D eigenvalue weighted by Crippen LogP contribution is -2.32. The minimum atomic E-state index is -0.269. The zero-order valence-corrected chi connectivity index (χ0v) is 17.5. The van der Waals surface area contributed by atoms with Gasteiger partial charge < -0.3 is 9.84 Å². The summed E-state index contributed by atoms with van der Waals surface area (Å²) in [7, 11) is 0. The van der Waals surface area contributed by atoms with Crippen LogP contribution < -0.4 is 9.47 Å². The number of halogens is 1. The van der Waals surface area contributed by atoms with Gasteiger partial charge in [0.25, 0.3) is 5.52 Å². The van der Waals surface area contributed by atoms with Crippen LogP contribution in [-0.4, -0.2) is 16.9 Å². The van der Waals surface area contributed by atoms with Gasteiger partial charge in [-0.05, 0) is 47.9 Å². The van der Waals surface area contributed by atoms with Gasteiger partial charge in [-0.1, -0.05) is 43.3 Å². The molecule has 3 aromatic carbocycles. The monoisotopic (exact) mass is 418 g/mol. The third kappa shape index (κ3) is 4.23. The second-order valence-corrected chi connectivity index (χ2v) is 7.80. The van der Waals surface area contributed by atoms with E-state index in [0.717, 1.165) is 32.4 Å². The van der Waals surface area contributed by atoms with Crippen molar-refractivity contribution in [2.24, 2.45) is 0 Å². The molecule has 0 aliphatic rings. The maximum atomic E-state index is 13.9. The number of hydrogen-bond acceptors (Lipinski definition) is 3. The van der Waals surface area contributed by atoms with Crippen molar-refractivity contribution in [3.63, 3.8) is 0 Å². The highest BCUT2D eigenvalue weighted by atomic mass is 19.1. The van der Waals surface area contributed by atoms with Gasteiger partial charge in [0.2, 0.25) is 6.20 Å². The van der Waals surface area contributed by atoms with Crippen molar-refractivity contribution in [3.05, 3.63) is 95.4 Å². The number of aliphatic hydroxyl groups excluding tert-OH is 1. The highest BCUT2D eigenvalue weighted by molar-refractivity contribution is 5.95. The van der Waals surface area contributed by atoms with Crippen LogP contribution in [0.25, 0.3) is 22.0 Å². The molecule has 4 nitrogen and oxygen atoms in total. The summed E-state index contributed by atoms with van der Waals surface area (Å²) in [5.41, 5.74) is 4.63. The van der Waals surface area contributed by atoms with E-state index in [1.807, 2.05) is 49.4 Å². The van der Waals surface area contributed by atoms with Gasteiger partial charge in [-0.2, -0.15) is 0 Å². The van der Waals surface area contributed by atoms with E-state index in [2.05, 4.69) is 0 Å². The average molecular weight is 418 g/mol. The second-order valence-electron chi connectivity index (χ2n) is 7.80. The number of rotatable bonds is 6. The van der Waals surface area contributed by atoms with Crippen LogP contribution in [0, 0.1) is 12.7 Å². The summed E-state index contributed by atoms with van der Waals surface area (Å²) < 4.78 is 20.9. The lowest BCUT2D eigenvalue weighted by atomic mass is 9.89. The zero-order chi connectivity index (χ0) is 22.0. The second kappa shape index (κ2) is 8.74. The van der Waals surface area contributed by atoms with Crippen molar-refractivity contribution in [1.29, 1.82) is 0 Å². The van der Waals surface area contributed by atoms with Crippen LogP contribution in [0.4, 0.5) is 4.39 Å². The zero-order valence-electron chi connectivity index (χ0n) is 17.5. The van der Waals surface area contributed by atoms with Crippen molar-refractivity contribution >= 4 is 10.9 Å². The molecule has 0 bridgehead atoms. The Morgan fingerprint density at radius 3 is 2.52 bits per heavy atom. The molecule has 0 aliphatic heterocycles. The molecule has 0 spiro atoms. The van der Waals surface area contributed by atoms with E-state index in [4.69, 9.17) is 4.74 Å². The van der Waals surface area contributed by atoms with E-state index in [0.29, 0.717) is 23.4 Å². The van der Waals surface area contributed by atoms with Crippen LogP contribution in [0.1, 0.15) is 29.5 Å². The predicted octanol–water partition coefficient (Wildman–Crippen LogP) is 5.15. The quantitative estimate of drug-likeness (QED) is 0.336. The Morgan fingerprint density at radius 1 is 1.03 bits per heavy atom. The molecule has 1 unspecified atom stereocenters. The first-order valence-electron chi connectivity index (χ1n) is 10.2. The van der Waals surface area contributed by atoms with E-state index >= 15 is 0 Å².